The predicted molar refractivity (Wildman–Crippen MR) is 223 cm³/mol. The fraction of sp³-hybridized carbons (Fsp3) is 0.326. The van der Waals surface area contributed by atoms with Gasteiger partial charge in [0.15, 0.2) is 12.4 Å². The van der Waals surface area contributed by atoms with Crippen LogP contribution in [0.3, 0.4) is 0 Å². The highest BCUT2D eigenvalue weighted by molar-refractivity contribution is 7.19. The average molecular weight is 834 g/mol. The summed E-state index contributed by atoms with van der Waals surface area (Å²) in [7, 11) is 0. The quantitative estimate of drug-likeness (QED) is 0.112. The maximum atomic E-state index is 14.2. The van der Waals surface area contributed by atoms with Crippen molar-refractivity contribution >= 4 is 50.6 Å². The molecular formula is C43H43N7O7S2. The number of thiophene rings is 1. The minimum Gasteiger partial charge on any atom is -0.507 e. The lowest BCUT2D eigenvalue weighted by Crippen LogP contribution is -2.49. The maximum absolute atomic E-state index is 14.2. The van der Waals surface area contributed by atoms with Crippen LogP contribution in [-0.2, 0) is 14.4 Å². The molecule has 4 aromatic heterocycles. The molecule has 2 saturated heterocycles. The highest BCUT2D eigenvalue weighted by Crippen LogP contribution is 2.38. The summed E-state index contributed by atoms with van der Waals surface area (Å²) in [5, 5.41) is 36.6. The molecule has 16 heteroatoms. The fourth-order valence-electron chi connectivity index (χ4n) is 7.62. The number of nitrogens with one attached hydrogen (secondary N) is 1. The number of hydrogen-bond acceptors (Lipinski definition) is 13. The van der Waals surface area contributed by atoms with Gasteiger partial charge in [0.05, 0.1) is 38.6 Å². The molecule has 0 unspecified atom stereocenters. The number of hydrogen-bond donors (Lipinski definition) is 3. The lowest BCUT2D eigenvalue weighted by molar-refractivity contribution is -0.141. The van der Waals surface area contributed by atoms with E-state index in [2.05, 4.69) is 32.2 Å². The smallest absolute Gasteiger partial charge is 0.260 e. The Kier molecular flexibility index (Phi) is 11.3. The van der Waals surface area contributed by atoms with Crippen LogP contribution in [0.25, 0.3) is 31.9 Å². The maximum Gasteiger partial charge on any atom is 0.260 e. The number of aromatic hydroxyl groups is 1. The van der Waals surface area contributed by atoms with E-state index in [1.54, 1.807) is 51.8 Å². The van der Waals surface area contributed by atoms with E-state index in [4.69, 9.17) is 9.26 Å². The number of phenols is 1. The lowest BCUT2D eigenvalue weighted by atomic mass is 9.91. The molecule has 4 atom stereocenters. The molecule has 6 heterocycles. The highest BCUT2D eigenvalue weighted by atomic mass is 32.1. The van der Waals surface area contributed by atoms with Crippen LogP contribution in [-0.4, -0.2) is 96.5 Å². The number of rotatable bonds is 13. The van der Waals surface area contributed by atoms with Crippen molar-refractivity contribution in [3.63, 3.8) is 0 Å². The first-order chi connectivity index (χ1) is 28.5. The third-order valence-corrected chi connectivity index (χ3v) is 13.1. The molecule has 3 N–H and O–H groups in total. The van der Waals surface area contributed by atoms with Crippen molar-refractivity contribution in [2.24, 2.45) is 5.92 Å². The monoisotopic (exact) mass is 833 g/mol. The predicted octanol–water partition coefficient (Wildman–Crippen LogP) is 6.23. The third kappa shape index (κ3) is 8.20. The molecule has 0 spiro atoms. The van der Waals surface area contributed by atoms with Crippen LogP contribution in [0.15, 0.2) is 89.4 Å². The molecule has 8 rings (SSSR count). The zero-order valence-electron chi connectivity index (χ0n) is 32.6. The molecular weight excluding hydrogens is 791 g/mol. The molecule has 2 fully saturated rings. The van der Waals surface area contributed by atoms with Crippen molar-refractivity contribution in [2.75, 3.05) is 26.2 Å². The molecule has 0 aliphatic carbocycles. The minimum absolute atomic E-state index is 0.0151. The summed E-state index contributed by atoms with van der Waals surface area (Å²) >= 11 is 3.16. The van der Waals surface area contributed by atoms with E-state index < -0.39 is 30.0 Å². The Morgan fingerprint density at radius 1 is 1.07 bits per heavy atom. The molecule has 2 aliphatic rings. The number of phenolic OH excluding ortho intramolecular Hbond substituents is 1. The fourth-order valence-corrected chi connectivity index (χ4v) is 9.55. The Hall–Kier alpha value is -5.97. The minimum atomic E-state index is -0.918. The van der Waals surface area contributed by atoms with E-state index in [1.807, 2.05) is 68.7 Å². The van der Waals surface area contributed by atoms with Crippen LogP contribution in [0.2, 0.25) is 0 Å². The second-order valence-electron chi connectivity index (χ2n) is 15.2. The van der Waals surface area contributed by atoms with Crippen molar-refractivity contribution in [1.29, 1.82) is 0 Å². The van der Waals surface area contributed by atoms with Gasteiger partial charge in [0, 0.05) is 48.5 Å². The van der Waals surface area contributed by atoms with Gasteiger partial charge in [-0.2, -0.15) is 0 Å². The number of aliphatic hydroxyl groups excluding tert-OH is 1. The summed E-state index contributed by atoms with van der Waals surface area (Å²) in [5.74, 6) is -1.51. The summed E-state index contributed by atoms with van der Waals surface area (Å²) in [6, 6.07) is 18.8. The van der Waals surface area contributed by atoms with Gasteiger partial charge in [0.1, 0.15) is 23.2 Å². The Balaban J connectivity index is 0.863. The van der Waals surface area contributed by atoms with E-state index in [9.17, 15) is 24.6 Å². The van der Waals surface area contributed by atoms with Gasteiger partial charge in [-0.25, -0.2) is 4.98 Å². The Morgan fingerprint density at radius 2 is 1.85 bits per heavy atom. The van der Waals surface area contributed by atoms with Crippen LogP contribution < -0.4 is 10.1 Å². The average Bonchev–Trinajstić information content (AvgIpc) is 4.02. The van der Waals surface area contributed by atoms with Crippen LogP contribution in [0.1, 0.15) is 60.0 Å². The molecule has 0 bridgehead atoms. The van der Waals surface area contributed by atoms with Gasteiger partial charge in [-0.05, 0) is 53.4 Å². The van der Waals surface area contributed by atoms with E-state index >= 15 is 0 Å². The first-order valence-corrected chi connectivity index (χ1v) is 21.0. The number of aromatic nitrogens is 4. The number of aliphatic hydroxyl groups is 1. The SMILES string of the molecule is C=C[C@H](NC(=O)[C@@H]1C[C@@H](O)CN1C(=O)[C@@H](c1cc(OCC(=O)N2CC(c3cc4nnc(-c5ccccc5O)cc4s3)C2)no1)C(C)C)c1ccc(-c2scnc2C)cc1. The van der Waals surface area contributed by atoms with E-state index in [-0.39, 0.29) is 60.6 Å². The topological polar surface area (TPSA) is 184 Å². The lowest BCUT2D eigenvalue weighted by Gasteiger charge is -2.38. The Bertz CT molecular complexity index is 2510. The molecule has 3 amide bonds. The number of likely N-dealkylation sites (tertiary alicyclic amines) is 2. The summed E-state index contributed by atoms with van der Waals surface area (Å²) < 4.78 is 12.3. The van der Waals surface area contributed by atoms with Crippen LogP contribution >= 0.6 is 22.7 Å². The number of aryl methyl sites for hydroxylation is 1. The number of β-amino-alcohol motifs (C(OH)–C–C–N with tert-alkyl or cyclic N) is 1. The molecule has 304 valence electrons. The van der Waals surface area contributed by atoms with E-state index in [1.165, 1.54) is 11.0 Å². The van der Waals surface area contributed by atoms with Crippen molar-refractivity contribution in [3.05, 3.63) is 107 Å². The first kappa shape index (κ1) is 39.8. The van der Waals surface area contributed by atoms with E-state index in [0.29, 0.717) is 24.3 Å². The van der Waals surface area contributed by atoms with Gasteiger partial charge >= 0.3 is 0 Å². The molecule has 2 aromatic carbocycles. The molecule has 2 aliphatic heterocycles. The van der Waals surface area contributed by atoms with Crippen molar-refractivity contribution in [3.8, 4) is 33.3 Å². The summed E-state index contributed by atoms with van der Waals surface area (Å²) in [6.07, 6.45) is 0.831. The second kappa shape index (κ2) is 16.7. The molecule has 6 aromatic rings. The number of para-hydroxylation sites is 1. The number of nitrogens with zero attached hydrogens (tertiary/aromatic N) is 6. The third-order valence-electron chi connectivity index (χ3n) is 10.9. The first-order valence-electron chi connectivity index (χ1n) is 19.3. The molecule has 0 saturated carbocycles. The molecule has 59 heavy (non-hydrogen) atoms. The number of ether oxygens (including phenoxy) is 1. The summed E-state index contributed by atoms with van der Waals surface area (Å²) in [5.41, 5.74) is 6.57. The van der Waals surface area contributed by atoms with Crippen molar-refractivity contribution in [2.45, 2.75) is 57.2 Å². The van der Waals surface area contributed by atoms with Gasteiger partial charge in [-0.1, -0.05) is 56.3 Å². The van der Waals surface area contributed by atoms with Gasteiger partial charge in [-0.15, -0.1) is 39.4 Å². The largest absolute Gasteiger partial charge is 0.507 e. The second-order valence-corrected chi connectivity index (χ2v) is 17.2. The van der Waals surface area contributed by atoms with Gasteiger partial charge in [-0.3, -0.25) is 14.4 Å². The van der Waals surface area contributed by atoms with E-state index in [0.717, 1.165) is 36.8 Å². The number of carbonyl (C=O) groups excluding carboxylic acids is 3. The molecule has 14 nitrogen and oxygen atoms in total. The van der Waals surface area contributed by atoms with Gasteiger partial charge in [0.25, 0.3) is 11.8 Å². The number of benzene rings is 2. The van der Waals surface area contributed by atoms with Gasteiger partial charge < -0.3 is 34.6 Å². The molecule has 0 radical (unpaired) electrons. The Labute approximate surface area is 348 Å². The zero-order chi connectivity index (χ0) is 41.4. The van der Waals surface area contributed by atoms with Gasteiger partial charge in [0.2, 0.25) is 11.8 Å². The highest BCUT2D eigenvalue weighted by Gasteiger charge is 2.44. The van der Waals surface area contributed by atoms with Crippen LogP contribution in [0.4, 0.5) is 0 Å². The van der Waals surface area contributed by atoms with Crippen molar-refractivity contribution in [1.82, 2.24) is 35.5 Å². The number of amides is 3. The normalized spacial score (nSPS) is 17.8. The number of fused-ring (bicyclic) bond motifs is 1. The van der Waals surface area contributed by atoms with Crippen LogP contribution in [0, 0.1) is 12.8 Å². The zero-order valence-corrected chi connectivity index (χ0v) is 34.3. The number of carbonyl (C=O) groups is 3. The standard InChI is InChI=1S/C43H43N7O7S2/c1-5-30(25-10-12-26(13-11-25)41-24(4)44-22-58-41)45-42(54)33-14-28(51)20-50(33)43(55)40(23(2)3)35-17-38(48-57-35)56-21-39(53)49-18-27(19-49)36-16-32-37(59-36)15-31(46-47-32)29-8-6-7-9-34(29)52/h5-13,15-17,22-23,27-28,30,33,40,51-52H,1,14,18-21H2,2-4H3,(H,45,54)/t28-,30+,33+,40-/m1/s1. The van der Waals surface area contributed by atoms with Crippen molar-refractivity contribution < 1.29 is 33.9 Å². The number of thiazole rings is 1. The Morgan fingerprint density at radius 3 is 2.56 bits per heavy atom. The summed E-state index contributed by atoms with van der Waals surface area (Å²) in [6.45, 7) is 10.4. The summed E-state index contributed by atoms with van der Waals surface area (Å²) in [4.78, 5) is 50.6. The van der Waals surface area contributed by atoms with Crippen LogP contribution in [0.5, 0.6) is 11.6 Å².